The van der Waals surface area contributed by atoms with Crippen LogP contribution in [-0.4, -0.2) is 53.7 Å². The highest BCUT2D eigenvalue weighted by molar-refractivity contribution is 6.28. The average molecular weight is 272 g/mol. The van der Waals surface area contributed by atoms with E-state index in [9.17, 15) is 4.79 Å². The van der Waals surface area contributed by atoms with Gasteiger partial charge in [-0.25, -0.2) is 4.98 Å². The Bertz CT molecular complexity index is 455. The van der Waals surface area contributed by atoms with E-state index in [0.717, 1.165) is 0 Å². The van der Waals surface area contributed by atoms with Crippen molar-refractivity contribution in [2.75, 3.05) is 26.8 Å². The fourth-order valence-corrected chi connectivity index (χ4v) is 1.95. The first-order valence-corrected chi connectivity index (χ1v) is 5.97. The fraction of sp³-hybridized carbons (Fsp3) is 0.545. The third kappa shape index (κ3) is 2.70. The molecule has 0 bridgehead atoms. The van der Waals surface area contributed by atoms with E-state index in [2.05, 4.69) is 9.97 Å². The maximum Gasteiger partial charge on any atom is 0.261 e. The Morgan fingerprint density at radius 3 is 3.11 bits per heavy atom. The SMILES string of the molecule is COc1nc(Cl)ncc1C(=O)N1CCOC(C)C1. The monoisotopic (exact) mass is 271 g/mol. The molecular weight excluding hydrogens is 258 g/mol. The van der Waals surface area contributed by atoms with Crippen molar-refractivity contribution >= 4 is 17.5 Å². The van der Waals surface area contributed by atoms with Gasteiger partial charge in [0.25, 0.3) is 5.91 Å². The minimum absolute atomic E-state index is 0.0295. The lowest BCUT2D eigenvalue weighted by Gasteiger charge is -2.31. The molecule has 6 nitrogen and oxygen atoms in total. The van der Waals surface area contributed by atoms with Crippen LogP contribution in [0.2, 0.25) is 5.28 Å². The van der Waals surface area contributed by atoms with Gasteiger partial charge in [0.15, 0.2) is 0 Å². The molecule has 0 saturated carbocycles. The van der Waals surface area contributed by atoms with Gasteiger partial charge in [-0.3, -0.25) is 4.79 Å². The fourth-order valence-electron chi connectivity index (χ4n) is 1.82. The highest BCUT2D eigenvalue weighted by Gasteiger charge is 2.25. The summed E-state index contributed by atoms with van der Waals surface area (Å²) in [4.78, 5) is 21.7. The van der Waals surface area contributed by atoms with E-state index in [-0.39, 0.29) is 23.2 Å². The minimum atomic E-state index is -0.168. The molecule has 1 fully saturated rings. The van der Waals surface area contributed by atoms with E-state index in [0.29, 0.717) is 25.3 Å². The highest BCUT2D eigenvalue weighted by Crippen LogP contribution is 2.19. The van der Waals surface area contributed by atoms with Gasteiger partial charge in [0, 0.05) is 19.3 Å². The number of amides is 1. The molecule has 0 aliphatic carbocycles. The van der Waals surface area contributed by atoms with Crippen LogP contribution in [0, 0.1) is 0 Å². The van der Waals surface area contributed by atoms with Crippen LogP contribution in [0.4, 0.5) is 0 Å². The molecule has 1 aromatic heterocycles. The van der Waals surface area contributed by atoms with Crippen molar-refractivity contribution in [3.05, 3.63) is 17.0 Å². The average Bonchev–Trinajstić information content (AvgIpc) is 2.37. The van der Waals surface area contributed by atoms with Crippen molar-refractivity contribution in [1.29, 1.82) is 0 Å². The normalized spacial score (nSPS) is 19.7. The van der Waals surface area contributed by atoms with Gasteiger partial charge in [0.2, 0.25) is 11.2 Å². The molecule has 0 radical (unpaired) electrons. The first-order chi connectivity index (χ1) is 8.61. The Kier molecular flexibility index (Phi) is 3.98. The van der Waals surface area contributed by atoms with Gasteiger partial charge in [-0.15, -0.1) is 0 Å². The molecular formula is C11H14ClN3O3. The summed E-state index contributed by atoms with van der Waals surface area (Å²) < 4.78 is 10.4. The molecule has 1 aromatic rings. The summed E-state index contributed by atoms with van der Waals surface area (Å²) in [5.74, 6) is 0.0258. The molecule has 0 aromatic carbocycles. The molecule has 98 valence electrons. The summed E-state index contributed by atoms with van der Waals surface area (Å²) in [5.41, 5.74) is 0.316. The topological polar surface area (TPSA) is 64.6 Å². The van der Waals surface area contributed by atoms with Crippen molar-refractivity contribution in [3.8, 4) is 5.88 Å². The molecule has 0 spiro atoms. The molecule has 1 saturated heterocycles. The number of carbonyl (C=O) groups excluding carboxylic acids is 1. The van der Waals surface area contributed by atoms with Crippen molar-refractivity contribution in [2.24, 2.45) is 0 Å². The van der Waals surface area contributed by atoms with Gasteiger partial charge in [-0.05, 0) is 18.5 Å². The maximum absolute atomic E-state index is 12.3. The van der Waals surface area contributed by atoms with E-state index < -0.39 is 0 Å². The van der Waals surface area contributed by atoms with Gasteiger partial charge in [-0.1, -0.05) is 0 Å². The molecule has 1 amide bonds. The summed E-state index contributed by atoms with van der Waals surface area (Å²) in [6, 6.07) is 0. The van der Waals surface area contributed by atoms with E-state index >= 15 is 0 Å². The van der Waals surface area contributed by atoms with Gasteiger partial charge in [-0.2, -0.15) is 4.98 Å². The zero-order chi connectivity index (χ0) is 13.1. The predicted octanol–water partition coefficient (Wildman–Crippen LogP) is 0.999. The maximum atomic E-state index is 12.3. The summed E-state index contributed by atoms with van der Waals surface area (Å²) in [5, 5.41) is 0.0544. The quantitative estimate of drug-likeness (QED) is 0.751. The molecule has 7 heteroatoms. The summed E-state index contributed by atoms with van der Waals surface area (Å²) in [6.45, 7) is 3.55. The number of hydrogen-bond donors (Lipinski definition) is 0. The van der Waals surface area contributed by atoms with Crippen LogP contribution in [0.1, 0.15) is 17.3 Å². The number of halogens is 1. The number of carbonyl (C=O) groups is 1. The lowest BCUT2D eigenvalue weighted by molar-refractivity contribution is -0.0125. The van der Waals surface area contributed by atoms with Gasteiger partial charge < -0.3 is 14.4 Å². The van der Waals surface area contributed by atoms with Gasteiger partial charge in [0.05, 0.1) is 19.8 Å². The van der Waals surface area contributed by atoms with Crippen molar-refractivity contribution in [1.82, 2.24) is 14.9 Å². The van der Waals surface area contributed by atoms with Gasteiger partial charge >= 0.3 is 0 Å². The molecule has 1 unspecified atom stereocenters. The number of morpholine rings is 1. The smallest absolute Gasteiger partial charge is 0.261 e. The number of methoxy groups -OCH3 is 1. The Labute approximate surface area is 110 Å². The minimum Gasteiger partial charge on any atom is -0.480 e. The van der Waals surface area contributed by atoms with Crippen molar-refractivity contribution in [2.45, 2.75) is 13.0 Å². The van der Waals surface area contributed by atoms with E-state index in [4.69, 9.17) is 21.1 Å². The summed E-state index contributed by atoms with van der Waals surface area (Å²) >= 11 is 5.66. The van der Waals surface area contributed by atoms with Crippen LogP contribution in [0.15, 0.2) is 6.20 Å². The second kappa shape index (κ2) is 5.49. The van der Waals surface area contributed by atoms with Crippen molar-refractivity contribution in [3.63, 3.8) is 0 Å². The van der Waals surface area contributed by atoms with E-state index in [1.165, 1.54) is 13.3 Å². The Morgan fingerprint density at radius 1 is 1.67 bits per heavy atom. The van der Waals surface area contributed by atoms with Crippen LogP contribution in [0.5, 0.6) is 5.88 Å². The standard InChI is InChI=1S/C11H14ClN3O3/c1-7-6-15(3-4-18-7)10(16)8-5-13-11(12)14-9(8)17-2/h5,7H,3-4,6H2,1-2H3. The lowest BCUT2D eigenvalue weighted by Crippen LogP contribution is -2.44. The Hall–Kier alpha value is -1.40. The summed E-state index contributed by atoms with van der Waals surface area (Å²) in [6.07, 6.45) is 1.42. The molecule has 1 aliphatic heterocycles. The second-order valence-corrected chi connectivity index (χ2v) is 4.33. The Balaban J connectivity index is 2.22. The number of rotatable bonds is 2. The number of hydrogen-bond acceptors (Lipinski definition) is 5. The predicted molar refractivity (Wildman–Crippen MR) is 64.9 cm³/mol. The number of nitrogens with zero attached hydrogens (tertiary/aromatic N) is 3. The first kappa shape index (κ1) is 13.0. The third-order valence-electron chi connectivity index (χ3n) is 2.68. The molecule has 18 heavy (non-hydrogen) atoms. The Morgan fingerprint density at radius 2 is 2.44 bits per heavy atom. The molecule has 1 aliphatic rings. The van der Waals surface area contributed by atoms with E-state index in [1.54, 1.807) is 4.90 Å². The molecule has 0 N–H and O–H groups in total. The van der Waals surface area contributed by atoms with E-state index in [1.807, 2.05) is 6.92 Å². The third-order valence-corrected chi connectivity index (χ3v) is 2.86. The zero-order valence-electron chi connectivity index (χ0n) is 10.2. The molecule has 1 atom stereocenters. The molecule has 2 rings (SSSR count). The molecule has 2 heterocycles. The highest BCUT2D eigenvalue weighted by atomic mass is 35.5. The van der Waals surface area contributed by atoms with Crippen LogP contribution in [0.3, 0.4) is 0 Å². The number of ether oxygens (including phenoxy) is 2. The largest absolute Gasteiger partial charge is 0.480 e. The van der Waals surface area contributed by atoms with Crippen LogP contribution >= 0.6 is 11.6 Å². The lowest BCUT2D eigenvalue weighted by atomic mass is 10.2. The van der Waals surface area contributed by atoms with Crippen molar-refractivity contribution < 1.29 is 14.3 Å². The van der Waals surface area contributed by atoms with Crippen LogP contribution in [-0.2, 0) is 4.74 Å². The second-order valence-electron chi connectivity index (χ2n) is 3.99. The number of aromatic nitrogens is 2. The zero-order valence-corrected chi connectivity index (χ0v) is 11.0. The first-order valence-electron chi connectivity index (χ1n) is 5.59. The van der Waals surface area contributed by atoms with Crippen LogP contribution in [0.25, 0.3) is 0 Å². The summed E-state index contributed by atoms with van der Waals surface area (Å²) in [7, 11) is 1.44. The van der Waals surface area contributed by atoms with Crippen LogP contribution < -0.4 is 4.74 Å². The van der Waals surface area contributed by atoms with Gasteiger partial charge in [0.1, 0.15) is 5.56 Å².